The van der Waals surface area contributed by atoms with E-state index in [0.717, 1.165) is 6.07 Å². The Kier molecular flexibility index (Phi) is 5.26. The Morgan fingerprint density at radius 2 is 2.04 bits per heavy atom. The van der Waals surface area contributed by atoms with Crippen molar-refractivity contribution in [2.75, 3.05) is 13.2 Å². The van der Waals surface area contributed by atoms with Crippen molar-refractivity contribution in [1.82, 2.24) is 10.8 Å². The lowest BCUT2D eigenvalue weighted by Crippen LogP contribution is -2.38. The Bertz CT molecular complexity index is 707. The highest BCUT2D eigenvalue weighted by Crippen LogP contribution is 2.36. The minimum atomic E-state index is -4.93. The van der Waals surface area contributed by atoms with Gasteiger partial charge in [0.25, 0.3) is 5.91 Å². The fourth-order valence-electron chi connectivity index (χ4n) is 2.46. The van der Waals surface area contributed by atoms with Crippen LogP contribution < -0.4 is 10.8 Å². The molecule has 0 bridgehead atoms. The number of rotatable bonds is 5. The molecule has 25 heavy (non-hydrogen) atoms. The van der Waals surface area contributed by atoms with Gasteiger partial charge >= 0.3 is 12.1 Å². The number of alkyl halides is 3. The van der Waals surface area contributed by atoms with Gasteiger partial charge in [0, 0.05) is 12.5 Å². The third-order valence-electron chi connectivity index (χ3n) is 3.56. The monoisotopic (exact) mass is 364 g/mol. The molecule has 2 atom stereocenters. The van der Waals surface area contributed by atoms with Gasteiger partial charge in [0.2, 0.25) is 5.91 Å². The highest BCUT2D eigenvalue weighted by molar-refractivity contribution is 6.02. The van der Waals surface area contributed by atoms with Crippen LogP contribution in [0.25, 0.3) is 0 Å². The molecular weight excluding hydrogens is 352 g/mol. The van der Waals surface area contributed by atoms with Crippen LogP contribution in [0, 0.1) is 11.7 Å². The fraction of sp³-hybridized carbons (Fsp3) is 0.357. The molecule has 0 saturated carbocycles. The van der Waals surface area contributed by atoms with E-state index >= 15 is 0 Å². The first kappa shape index (κ1) is 18.6. The third kappa shape index (κ3) is 4.24. The van der Waals surface area contributed by atoms with Gasteiger partial charge in [-0.05, 0) is 17.7 Å². The minimum absolute atomic E-state index is 0.0644. The van der Waals surface area contributed by atoms with Crippen molar-refractivity contribution < 1.29 is 41.9 Å². The highest BCUT2D eigenvalue weighted by atomic mass is 19.4. The van der Waals surface area contributed by atoms with Crippen molar-refractivity contribution in [2.45, 2.75) is 12.1 Å². The SMILES string of the molecule is O=C(O)CONC(=O)[C@H]1C(=O)NC[C@@H]1c1ccc(F)c(C(F)(F)F)c1. The molecule has 3 N–H and O–H groups in total. The first-order valence-corrected chi connectivity index (χ1v) is 6.89. The summed E-state index contributed by atoms with van der Waals surface area (Å²) in [5.74, 6) is -7.07. The second kappa shape index (κ2) is 7.05. The summed E-state index contributed by atoms with van der Waals surface area (Å²) in [4.78, 5) is 38.5. The number of carboxylic acids is 1. The first-order valence-electron chi connectivity index (χ1n) is 6.89. The number of hydrogen-bond donors (Lipinski definition) is 3. The number of halogens is 4. The van der Waals surface area contributed by atoms with Gasteiger partial charge in [-0.2, -0.15) is 13.2 Å². The second-order valence-corrected chi connectivity index (χ2v) is 5.22. The first-order chi connectivity index (χ1) is 11.6. The molecule has 1 fully saturated rings. The van der Waals surface area contributed by atoms with E-state index < -0.39 is 53.8 Å². The molecule has 0 radical (unpaired) electrons. The van der Waals surface area contributed by atoms with Crippen molar-refractivity contribution >= 4 is 17.8 Å². The number of hydroxylamine groups is 1. The highest BCUT2D eigenvalue weighted by Gasteiger charge is 2.42. The Morgan fingerprint density at radius 3 is 2.64 bits per heavy atom. The number of carboxylic acid groups (broad SMARTS) is 1. The third-order valence-corrected chi connectivity index (χ3v) is 3.56. The van der Waals surface area contributed by atoms with Gasteiger partial charge in [-0.25, -0.2) is 14.7 Å². The van der Waals surface area contributed by atoms with Crippen LogP contribution in [0.3, 0.4) is 0 Å². The number of aliphatic carboxylic acids is 1. The predicted octanol–water partition coefficient (Wildman–Crippen LogP) is 0.807. The van der Waals surface area contributed by atoms with Crippen LogP contribution in [0.4, 0.5) is 17.6 Å². The van der Waals surface area contributed by atoms with E-state index in [0.29, 0.717) is 12.1 Å². The standard InChI is InChI=1S/C14H12F4N2O5/c15-9-2-1-6(3-8(9)14(16,17)18)7-4-19-12(23)11(7)13(24)20-25-5-10(21)22/h1-3,7,11H,4-5H2,(H,19,23)(H,20,24)(H,21,22)/t7-,11-/m1/s1. The topological polar surface area (TPSA) is 105 Å². The number of carbonyl (C=O) groups is 3. The van der Waals surface area contributed by atoms with Crippen LogP contribution in [-0.4, -0.2) is 36.0 Å². The summed E-state index contributed by atoms with van der Waals surface area (Å²) in [6.07, 6.45) is -4.93. The molecule has 1 aromatic rings. The smallest absolute Gasteiger partial charge is 0.419 e. The summed E-state index contributed by atoms with van der Waals surface area (Å²) in [5.41, 5.74) is 0.192. The van der Waals surface area contributed by atoms with Gasteiger partial charge in [-0.15, -0.1) is 0 Å². The summed E-state index contributed by atoms with van der Waals surface area (Å²) in [6.45, 7) is -1.00. The van der Waals surface area contributed by atoms with E-state index in [1.807, 2.05) is 0 Å². The average molecular weight is 364 g/mol. The van der Waals surface area contributed by atoms with Crippen LogP contribution in [0.15, 0.2) is 18.2 Å². The van der Waals surface area contributed by atoms with Gasteiger partial charge in [-0.1, -0.05) is 6.07 Å². The van der Waals surface area contributed by atoms with Crippen LogP contribution in [-0.2, 0) is 25.4 Å². The largest absolute Gasteiger partial charge is 0.479 e. The van der Waals surface area contributed by atoms with Gasteiger partial charge in [0.05, 0.1) is 5.56 Å². The molecule has 0 aromatic heterocycles. The van der Waals surface area contributed by atoms with Gasteiger partial charge in [-0.3, -0.25) is 14.4 Å². The lowest BCUT2D eigenvalue weighted by atomic mass is 9.87. The quantitative estimate of drug-likeness (QED) is 0.407. The Balaban J connectivity index is 2.24. The molecule has 1 aliphatic rings. The molecule has 0 aliphatic carbocycles. The maximum Gasteiger partial charge on any atom is 0.419 e. The zero-order valence-electron chi connectivity index (χ0n) is 12.4. The Morgan fingerprint density at radius 1 is 1.36 bits per heavy atom. The van der Waals surface area contributed by atoms with Crippen molar-refractivity contribution in [3.63, 3.8) is 0 Å². The summed E-state index contributed by atoms with van der Waals surface area (Å²) in [5, 5.41) is 10.7. The molecule has 136 valence electrons. The van der Waals surface area contributed by atoms with Gasteiger partial charge in [0.15, 0.2) is 6.61 Å². The molecular formula is C14H12F4N2O5. The van der Waals surface area contributed by atoms with E-state index in [-0.39, 0.29) is 12.1 Å². The Labute approximate surface area is 137 Å². The van der Waals surface area contributed by atoms with Crippen molar-refractivity contribution in [3.05, 3.63) is 35.1 Å². The van der Waals surface area contributed by atoms with E-state index in [2.05, 4.69) is 10.2 Å². The van der Waals surface area contributed by atoms with Crippen LogP contribution in [0.2, 0.25) is 0 Å². The maximum atomic E-state index is 13.4. The van der Waals surface area contributed by atoms with Crippen LogP contribution >= 0.6 is 0 Å². The van der Waals surface area contributed by atoms with Crippen molar-refractivity contribution in [1.29, 1.82) is 0 Å². The number of amides is 2. The van der Waals surface area contributed by atoms with Crippen LogP contribution in [0.5, 0.6) is 0 Å². The number of benzene rings is 1. The molecule has 1 heterocycles. The molecule has 11 heteroatoms. The van der Waals surface area contributed by atoms with Crippen LogP contribution in [0.1, 0.15) is 17.0 Å². The van der Waals surface area contributed by atoms with Crippen molar-refractivity contribution in [2.24, 2.45) is 5.92 Å². The average Bonchev–Trinajstić information content (AvgIpc) is 2.88. The molecule has 1 saturated heterocycles. The van der Waals surface area contributed by atoms with E-state index in [1.165, 1.54) is 0 Å². The summed E-state index contributed by atoms with van der Waals surface area (Å²) >= 11 is 0. The predicted molar refractivity (Wildman–Crippen MR) is 72.4 cm³/mol. The molecule has 2 amide bonds. The zero-order chi connectivity index (χ0) is 18.8. The van der Waals surface area contributed by atoms with Gasteiger partial charge < -0.3 is 10.4 Å². The molecule has 2 rings (SSSR count). The molecule has 7 nitrogen and oxygen atoms in total. The number of nitrogens with one attached hydrogen (secondary N) is 2. The van der Waals surface area contributed by atoms with Gasteiger partial charge in [0.1, 0.15) is 11.7 Å². The minimum Gasteiger partial charge on any atom is -0.479 e. The summed E-state index contributed by atoms with van der Waals surface area (Å²) in [7, 11) is 0. The summed E-state index contributed by atoms with van der Waals surface area (Å²) in [6, 6.07) is 2.20. The Hall–Kier alpha value is -2.69. The van der Waals surface area contributed by atoms with E-state index in [4.69, 9.17) is 5.11 Å². The molecule has 1 aromatic carbocycles. The zero-order valence-corrected chi connectivity index (χ0v) is 12.4. The molecule has 0 unspecified atom stereocenters. The normalized spacial score (nSPS) is 20.2. The lowest BCUT2D eigenvalue weighted by Gasteiger charge is -2.18. The number of carbonyl (C=O) groups excluding carboxylic acids is 2. The molecule has 1 aliphatic heterocycles. The lowest BCUT2D eigenvalue weighted by molar-refractivity contribution is -0.151. The molecule has 0 spiro atoms. The fourth-order valence-corrected chi connectivity index (χ4v) is 2.46. The summed E-state index contributed by atoms with van der Waals surface area (Å²) < 4.78 is 51.8. The number of hydrogen-bond acceptors (Lipinski definition) is 4. The second-order valence-electron chi connectivity index (χ2n) is 5.22. The van der Waals surface area contributed by atoms with E-state index in [9.17, 15) is 31.9 Å². The van der Waals surface area contributed by atoms with E-state index in [1.54, 1.807) is 5.48 Å². The maximum absolute atomic E-state index is 13.4. The van der Waals surface area contributed by atoms with Crippen molar-refractivity contribution in [3.8, 4) is 0 Å².